The highest BCUT2D eigenvalue weighted by atomic mass is 19.4. The maximum absolute atomic E-state index is 12.9. The van der Waals surface area contributed by atoms with Crippen LogP contribution in [0.3, 0.4) is 0 Å². The summed E-state index contributed by atoms with van der Waals surface area (Å²) >= 11 is 0. The molecule has 0 aliphatic carbocycles. The van der Waals surface area contributed by atoms with E-state index in [0.717, 1.165) is 17.7 Å². The minimum absolute atomic E-state index is 0.0381. The van der Waals surface area contributed by atoms with Crippen molar-refractivity contribution >= 4 is 22.5 Å². The lowest BCUT2D eigenvalue weighted by Crippen LogP contribution is -2.29. The van der Waals surface area contributed by atoms with Crippen LogP contribution < -0.4 is 4.90 Å². The third kappa shape index (κ3) is 4.25. The average molecular weight is 450 g/mol. The van der Waals surface area contributed by atoms with Gasteiger partial charge in [-0.25, -0.2) is 14.6 Å². The van der Waals surface area contributed by atoms with Gasteiger partial charge in [-0.1, -0.05) is 0 Å². The quantitative estimate of drug-likeness (QED) is 0.453. The zero-order valence-electron chi connectivity index (χ0n) is 17.6. The van der Waals surface area contributed by atoms with Gasteiger partial charge >= 0.3 is 6.18 Å². The highest BCUT2D eigenvalue weighted by Gasteiger charge is 2.30. The lowest BCUT2D eigenvalue weighted by molar-refractivity contribution is -0.137. The van der Waals surface area contributed by atoms with Crippen LogP contribution in [0.15, 0.2) is 54.9 Å². The van der Waals surface area contributed by atoms with Gasteiger partial charge in [0.2, 0.25) is 0 Å². The summed E-state index contributed by atoms with van der Waals surface area (Å²) in [5, 5.41) is 13.2. The summed E-state index contributed by atoms with van der Waals surface area (Å²) < 4.78 is 40.1. The number of anilines is 1. The van der Waals surface area contributed by atoms with E-state index >= 15 is 0 Å². The Hall–Kier alpha value is -4.26. The zero-order valence-corrected chi connectivity index (χ0v) is 17.6. The van der Waals surface area contributed by atoms with Gasteiger partial charge in [-0.05, 0) is 55.0 Å². The van der Waals surface area contributed by atoms with E-state index in [2.05, 4.69) is 15.1 Å². The van der Waals surface area contributed by atoms with Gasteiger partial charge in [0.15, 0.2) is 5.82 Å². The third-order valence-electron chi connectivity index (χ3n) is 5.18. The Bertz CT molecular complexity index is 1400. The van der Waals surface area contributed by atoms with E-state index in [1.54, 1.807) is 31.3 Å². The number of aromatic nitrogens is 4. The molecular formula is C23H17F3N6O. The minimum atomic E-state index is -4.43. The molecule has 0 saturated heterocycles. The second kappa shape index (κ2) is 8.35. The molecule has 166 valence electrons. The van der Waals surface area contributed by atoms with Crippen molar-refractivity contribution in [2.75, 3.05) is 11.9 Å². The van der Waals surface area contributed by atoms with Gasteiger partial charge in [-0.3, -0.25) is 4.79 Å². The van der Waals surface area contributed by atoms with Crippen LogP contribution in [-0.2, 0) is 12.7 Å². The first kappa shape index (κ1) is 22.0. The molecule has 0 saturated carbocycles. The number of hydrogen-bond acceptors (Lipinski definition) is 5. The second-order valence-electron chi connectivity index (χ2n) is 7.36. The summed E-state index contributed by atoms with van der Waals surface area (Å²) in [6.45, 7) is 1.79. The van der Waals surface area contributed by atoms with Crippen LogP contribution in [0.4, 0.5) is 18.9 Å². The summed E-state index contributed by atoms with van der Waals surface area (Å²) in [6, 6.07) is 12.1. The Morgan fingerprint density at radius 1 is 1.18 bits per heavy atom. The van der Waals surface area contributed by atoms with E-state index in [0.29, 0.717) is 33.7 Å². The van der Waals surface area contributed by atoms with Crippen molar-refractivity contribution in [3.05, 3.63) is 71.7 Å². The van der Waals surface area contributed by atoms with E-state index in [1.165, 1.54) is 28.0 Å². The fraction of sp³-hybridized carbons (Fsp3) is 0.174. The fourth-order valence-corrected chi connectivity index (χ4v) is 3.51. The standard InChI is InChI=1S/C23H17F3N6O/c1-14-11-15(21-28-13-16-12-17(23(24,25)26)4-5-18(16)30-21)3-6-19(14)31(2)22(33)20-7-9-29-32(20)10-8-27/h3-7,9,11-13H,10H2,1-2H3. The number of amides is 1. The summed E-state index contributed by atoms with van der Waals surface area (Å²) in [4.78, 5) is 23.0. The van der Waals surface area contributed by atoms with E-state index in [4.69, 9.17) is 5.26 Å². The number of fused-ring (bicyclic) bond motifs is 1. The smallest absolute Gasteiger partial charge is 0.310 e. The number of carbonyl (C=O) groups excluding carboxylic acids is 1. The maximum Gasteiger partial charge on any atom is 0.416 e. The monoisotopic (exact) mass is 450 g/mol. The number of halogens is 3. The number of aryl methyl sites for hydroxylation is 1. The summed E-state index contributed by atoms with van der Waals surface area (Å²) in [6.07, 6.45) is -1.61. The number of nitriles is 1. The third-order valence-corrected chi connectivity index (χ3v) is 5.18. The molecule has 0 radical (unpaired) electrons. The Morgan fingerprint density at radius 2 is 1.97 bits per heavy atom. The molecule has 0 N–H and O–H groups in total. The molecule has 0 spiro atoms. The first-order chi connectivity index (χ1) is 15.7. The van der Waals surface area contributed by atoms with E-state index < -0.39 is 11.7 Å². The molecule has 0 atom stereocenters. The molecule has 4 rings (SSSR count). The average Bonchev–Trinajstić information content (AvgIpc) is 3.25. The Morgan fingerprint density at radius 3 is 2.67 bits per heavy atom. The highest BCUT2D eigenvalue weighted by Crippen LogP contribution is 2.32. The molecule has 7 nitrogen and oxygen atoms in total. The van der Waals surface area contributed by atoms with Crippen LogP contribution in [-0.4, -0.2) is 32.7 Å². The first-order valence-electron chi connectivity index (χ1n) is 9.81. The normalized spacial score (nSPS) is 11.4. The van der Waals surface area contributed by atoms with Gasteiger partial charge in [0.25, 0.3) is 5.91 Å². The van der Waals surface area contributed by atoms with Crippen LogP contribution in [0.1, 0.15) is 21.6 Å². The van der Waals surface area contributed by atoms with Gasteiger partial charge in [-0.15, -0.1) is 0 Å². The van der Waals surface area contributed by atoms with Crippen LogP contribution in [0.5, 0.6) is 0 Å². The van der Waals surface area contributed by atoms with Crippen molar-refractivity contribution in [3.63, 3.8) is 0 Å². The van der Waals surface area contributed by atoms with Crippen molar-refractivity contribution in [2.24, 2.45) is 0 Å². The summed E-state index contributed by atoms with van der Waals surface area (Å²) in [5.41, 5.74) is 2.00. The Kier molecular flexibility index (Phi) is 5.55. The van der Waals surface area contributed by atoms with Crippen molar-refractivity contribution < 1.29 is 18.0 Å². The zero-order chi connectivity index (χ0) is 23.8. The summed E-state index contributed by atoms with van der Waals surface area (Å²) in [7, 11) is 1.62. The van der Waals surface area contributed by atoms with Crippen LogP contribution in [0.2, 0.25) is 0 Å². The van der Waals surface area contributed by atoms with Crippen molar-refractivity contribution in [3.8, 4) is 17.5 Å². The molecule has 10 heteroatoms. The Balaban J connectivity index is 1.63. The molecule has 0 aliphatic rings. The van der Waals surface area contributed by atoms with Gasteiger partial charge in [-0.2, -0.15) is 23.5 Å². The molecule has 0 unspecified atom stereocenters. The molecule has 4 aromatic rings. The van der Waals surface area contributed by atoms with Crippen molar-refractivity contribution in [2.45, 2.75) is 19.6 Å². The molecule has 2 heterocycles. The van der Waals surface area contributed by atoms with Gasteiger partial charge in [0, 0.05) is 36.1 Å². The number of rotatable bonds is 4. The molecule has 1 amide bonds. The van der Waals surface area contributed by atoms with E-state index in [-0.39, 0.29) is 12.5 Å². The fourth-order valence-electron chi connectivity index (χ4n) is 3.51. The van der Waals surface area contributed by atoms with E-state index in [1.807, 2.05) is 13.0 Å². The number of benzene rings is 2. The van der Waals surface area contributed by atoms with Gasteiger partial charge in [0.05, 0.1) is 17.1 Å². The van der Waals surface area contributed by atoms with E-state index in [9.17, 15) is 18.0 Å². The van der Waals surface area contributed by atoms with Crippen molar-refractivity contribution in [1.29, 1.82) is 5.26 Å². The number of carbonyl (C=O) groups is 1. The largest absolute Gasteiger partial charge is 0.416 e. The van der Waals surface area contributed by atoms with Crippen LogP contribution in [0, 0.1) is 18.3 Å². The molecule has 0 fully saturated rings. The number of alkyl halides is 3. The van der Waals surface area contributed by atoms with Gasteiger partial charge < -0.3 is 4.90 Å². The number of nitrogens with zero attached hydrogens (tertiary/aromatic N) is 6. The molecule has 2 aromatic carbocycles. The SMILES string of the molecule is Cc1cc(-c2ncc3cc(C(F)(F)F)ccc3n2)ccc1N(C)C(=O)c1ccnn1CC#N. The molecule has 0 aliphatic heterocycles. The predicted octanol–water partition coefficient (Wildman–Crippen LogP) is 4.62. The van der Waals surface area contributed by atoms with Gasteiger partial charge in [0.1, 0.15) is 12.2 Å². The molecule has 0 bridgehead atoms. The van der Waals surface area contributed by atoms with Crippen LogP contribution in [0.25, 0.3) is 22.3 Å². The molecule has 33 heavy (non-hydrogen) atoms. The maximum atomic E-state index is 12.9. The lowest BCUT2D eigenvalue weighted by atomic mass is 10.1. The summed E-state index contributed by atoms with van der Waals surface area (Å²) in [5.74, 6) is 0.0407. The lowest BCUT2D eigenvalue weighted by Gasteiger charge is -2.20. The first-order valence-corrected chi connectivity index (χ1v) is 9.81. The highest BCUT2D eigenvalue weighted by molar-refractivity contribution is 6.05. The van der Waals surface area contributed by atoms with Crippen LogP contribution >= 0.6 is 0 Å². The number of hydrogen-bond donors (Lipinski definition) is 0. The molecular weight excluding hydrogens is 433 g/mol. The van der Waals surface area contributed by atoms with Crippen molar-refractivity contribution in [1.82, 2.24) is 19.7 Å². The second-order valence-corrected chi connectivity index (χ2v) is 7.36. The molecule has 2 aromatic heterocycles. The predicted molar refractivity (Wildman–Crippen MR) is 115 cm³/mol. The Labute approximate surface area is 186 Å². The minimum Gasteiger partial charge on any atom is -0.310 e. The topological polar surface area (TPSA) is 87.7 Å².